The first-order valence-electron chi connectivity index (χ1n) is 9.74. The number of amides is 1. The highest BCUT2D eigenvalue weighted by Gasteiger charge is 2.27. The molecule has 9 nitrogen and oxygen atoms in total. The van der Waals surface area contributed by atoms with E-state index in [1.54, 1.807) is 24.3 Å². The molecular weight excluding hydrogens is 478 g/mol. The van der Waals surface area contributed by atoms with Crippen molar-refractivity contribution in [3.05, 3.63) is 59.1 Å². The first-order valence-corrected chi connectivity index (χ1v) is 13.4. The molecule has 1 saturated heterocycles. The van der Waals surface area contributed by atoms with E-state index in [9.17, 15) is 21.6 Å². The van der Waals surface area contributed by atoms with Crippen molar-refractivity contribution in [2.45, 2.75) is 11.4 Å². The fraction of sp³-hybridized carbons (Fsp3) is 0.350. The van der Waals surface area contributed by atoms with Gasteiger partial charge in [0.1, 0.15) is 6.54 Å². The van der Waals surface area contributed by atoms with Crippen molar-refractivity contribution in [1.29, 1.82) is 0 Å². The Kier molecular flexibility index (Phi) is 7.78. The number of benzene rings is 2. The Hall–Kier alpha value is -2.18. The molecule has 174 valence electrons. The van der Waals surface area contributed by atoms with E-state index in [4.69, 9.17) is 16.3 Å². The molecule has 3 rings (SSSR count). The third-order valence-electron chi connectivity index (χ3n) is 4.82. The first-order chi connectivity index (χ1) is 15.1. The summed E-state index contributed by atoms with van der Waals surface area (Å²) in [5, 5.41) is 3.24. The van der Waals surface area contributed by atoms with Gasteiger partial charge in [-0.25, -0.2) is 16.8 Å². The topological polar surface area (TPSA) is 113 Å². The minimum Gasteiger partial charge on any atom is -0.379 e. The third-order valence-corrected chi connectivity index (χ3v) is 8.13. The lowest BCUT2D eigenvalue weighted by Crippen LogP contribution is -2.41. The maximum atomic E-state index is 12.8. The molecule has 1 N–H and O–H groups in total. The van der Waals surface area contributed by atoms with Gasteiger partial charge in [-0.2, -0.15) is 4.31 Å². The lowest BCUT2D eigenvalue weighted by molar-refractivity contribution is -0.119. The van der Waals surface area contributed by atoms with E-state index >= 15 is 0 Å². The number of rotatable bonds is 8. The Bertz CT molecular complexity index is 1150. The molecule has 1 amide bonds. The number of hydrogen-bond acceptors (Lipinski definition) is 6. The molecule has 0 aliphatic carbocycles. The summed E-state index contributed by atoms with van der Waals surface area (Å²) >= 11 is 5.84. The number of morpholine rings is 1. The van der Waals surface area contributed by atoms with Crippen LogP contribution in [0.3, 0.4) is 0 Å². The molecule has 0 spiro atoms. The van der Waals surface area contributed by atoms with Gasteiger partial charge in [0.25, 0.3) is 0 Å². The van der Waals surface area contributed by atoms with Crippen molar-refractivity contribution in [3.8, 4) is 0 Å². The zero-order valence-corrected chi connectivity index (χ0v) is 19.8. The largest absolute Gasteiger partial charge is 0.379 e. The number of sulfonamides is 2. The van der Waals surface area contributed by atoms with Crippen LogP contribution in [0.4, 0.5) is 5.69 Å². The lowest BCUT2D eigenvalue weighted by Gasteiger charge is -2.26. The van der Waals surface area contributed by atoms with Crippen LogP contribution in [0.25, 0.3) is 0 Å². The molecule has 0 radical (unpaired) electrons. The molecule has 0 aromatic heterocycles. The van der Waals surface area contributed by atoms with Crippen molar-refractivity contribution in [3.63, 3.8) is 0 Å². The van der Waals surface area contributed by atoms with Crippen LogP contribution >= 0.6 is 11.6 Å². The Labute approximate surface area is 193 Å². The SMILES string of the molecule is CS(=O)(=O)N(CC(=O)NCc1ccc(Cl)cc1)c1ccc(S(=O)(=O)N2CCOCC2)cc1. The van der Waals surface area contributed by atoms with Crippen molar-refractivity contribution in [1.82, 2.24) is 9.62 Å². The van der Waals surface area contributed by atoms with Gasteiger partial charge in [0.05, 0.1) is 30.1 Å². The highest BCUT2D eigenvalue weighted by atomic mass is 35.5. The number of carbonyl (C=O) groups is 1. The summed E-state index contributed by atoms with van der Waals surface area (Å²) in [7, 11) is -7.50. The van der Waals surface area contributed by atoms with Gasteiger partial charge in [0.2, 0.25) is 26.0 Å². The average Bonchev–Trinajstić information content (AvgIpc) is 2.77. The maximum Gasteiger partial charge on any atom is 0.243 e. The highest BCUT2D eigenvalue weighted by molar-refractivity contribution is 7.92. The predicted molar refractivity (Wildman–Crippen MR) is 122 cm³/mol. The van der Waals surface area contributed by atoms with Gasteiger partial charge in [-0.3, -0.25) is 9.10 Å². The molecule has 0 unspecified atom stereocenters. The second-order valence-electron chi connectivity index (χ2n) is 7.18. The molecule has 1 fully saturated rings. The van der Waals surface area contributed by atoms with Gasteiger partial charge in [-0.15, -0.1) is 0 Å². The summed E-state index contributed by atoms with van der Waals surface area (Å²) in [6, 6.07) is 12.3. The number of carbonyl (C=O) groups excluding carboxylic acids is 1. The van der Waals surface area contributed by atoms with Crippen molar-refractivity contribution < 1.29 is 26.4 Å². The number of nitrogens with zero attached hydrogens (tertiary/aromatic N) is 2. The lowest BCUT2D eigenvalue weighted by atomic mass is 10.2. The zero-order chi connectivity index (χ0) is 23.4. The second-order valence-corrected chi connectivity index (χ2v) is 11.5. The van der Waals surface area contributed by atoms with E-state index in [0.717, 1.165) is 16.1 Å². The van der Waals surface area contributed by atoms with Gasteiger partial charge in [-0.1, -0.05) is 23.7 Å². The molecule has 0 atom stereocenters. The van der Waals surface area contributed by atoms with Crippen LogP contribution in [0.15, 0.2) is 53.4 Å². The van der Waals surface area contributed by atoms with E-state index in [2.05, 4.69) is 5.32 Å². The first kappa shape index (κ1) is 24.5. The monoisotopic (exact) mass is 501 g/mol. The molecule has 1 heterocycles. The number of nitrogens with one attached hydrogen (secondary N) is 1. The van der Waals surface area contributed by atoms with E-state index in [1.165, 1.54) is 28.6 Å². The van der Waals surface area contributed by atoms with Crippen LogP contribution in [-0.4, -0.2) is 66.2 Å². The maximum absolute atomic E-state index is 12.8. The molecule has 2 aromatic rings. The van der Waals surface area contributed by atoms with Crippen molar-refractivity contribution >= 4 is 43.2 Å². The summed E-state index contributed by atoms with van der Waals surface area (Å²) in [5.74, 6) is -0.504. The third kappa shape index (κ3) is 6.20. The van der Waals surface area contributed by atoms with Gasteiger partial charge in [0.15, 0.2) is 0 Å². The van der Waals surface area contributed by atoms with Gasteiger partial charge in [0, 0.05) is 24.7 Å². The van der Waals surface area contributed by atoms with Crippen LogP contribution in [0.1, 0.15) is 5.56 Å². The Morgan fingerprint density at radius 1 is 1.03 bits per heavy atom. The number of hydrogen-bond donors (Lipinski definition) is 1. The van der Waals surface area contributed by atoms with Crippen LogP contribution in [-0.2, 0) is 36.1 Å². The molecule has 12 heteroatoms. The quantitative estimate of drug-likeness (QED) is 0.585. The van der Waals surface area contributed by atoms with Crippen LogP contribution in [0.5, 0.6) is 0 Å². The fourth-order valence-corrected chi connectivity index (χ4v) is 5.50. The van der Waals surface area contributed by atoms with Gasteiger partial charge >= 0.3 is 0 Å². The minimum atomic E-state index is -3.79. The summed E-state index contributed by atoms with van der Waals surface area (Å²) in [4.78, 5) is 12.4. The average molecular weight is 502 g/mol. The second kappa shape index (κ2) is 10.2. The molecule has 1 aliphatic rings. The zero-order valence-electron chi connectivity index (χ0n) is 17.4. The molecular formula is C20H24ClN3O6S2. The Balaban J connectivity index is 1.71. The summed E-state index contributed by atoms with van der Waals surface area (Å²) < 4.78 is 57.5. The molecule has 32 heavy (non-hydrogen) atoms. The van der Waals surface area contributed by atoms with Gasteiger partial charge < -0.3 is 10.1 Å². The van der Waals surface area contributed by atoms with Crippen LogP contribution < -0.4 is 9.62 Å². The smallest absolute Gasteiger partial charge is 0.243 e. The molecule has 1 aliphatic heterocycles. The Morgan fingerprint density at radius 2 is 1.62 bits per heavy atom. The summed E-state index contributed by atoms with van der Waals surface area (Å²) in [6.07, 6.45) is 0.984. The van der Waals surface area contributed by atoms with E-state index in [-0.39, 0.29) is 30.2 Å². The van der Waals surface area contributed by atoms with Crippen LogP contribution in [0, 0.1) is 0 Å². The minimum absolute atomic E-state index is 0.0452. The standard InChI is InChI=1S/C20H24ClN3O6S2/c1-31(26,27)24(15-20(25)22-14-16-2-4-17(21)5-3-16)18-6-8-19(9-7-18)32(28,29)23-10-12-30-13-11-23/h2-9H,10-15H2,1H3,(H,22,25). The summed E-state index contributed by atoms with van der Waals surface area (Å²) in [6.45, 7) is 0.932. The molecule has 0 bridgehead atoms. The fourth-order valence-electron chi connectivity index (χ4n) is 3.11. The number of anilines is 1. The predicted octanol–water partition coefficient (Wildman–Crippen LogP) is 1.44. The van der Waals surface area contributed by atoms with E-state index in [0.29, 0.717) is 18.2 Å². The van der Waals surface area contributed by atoms with Gasteiger partial charge in [-0.05, 0) is 42.0 Å². The Morgan fingerprint density at radius 3 is 2.19 bits per heavy atom. The van der Waals surface area contributed by atoms with E-state index in [1.807, 2.05) is 0 Å². The molecule has 0 saturated carbocycles. The van der Waals surface area contributed by atoms with Crippen molar-refractivity contribution in [2.75, 3.05) is 43.4 Å². The summed E-state index contributed by atoms with van der Waals surface area (Å²) in [5.41, 5.74) is 1.00. The number of halogens is 1. The number of ether oxygens (including phenoxy) is 1. The highest BCUT2D eigenvalue weighted by Crippen LogP contribution is 2.23. The normalized spacial score (nSPS) is 15.3. The molecule has 2 aromatic carbocycles. The van der Waals surface area contributed by atoms with Crippen molar-refractivity contribution in [2.24, 2.45) is 0 Å². The van der Waals surface area contributed by atoms with Crippen LogP contribution in [0.2, 0.25) is 5.02 Å². The van der Waals surface area contributed by atoms with E-state index < -0.39 is 32.5 Å².